The van der Waals surface area contributed by atoms with Gasteiger partial charge in [0.25, 0.3) is 0 Å². The molecular weight excluding hydrogens is 759 g/mol. The second kappa shape index (κ2) is 28.7. The Morgan fingerprint density at radius 3 is 1.51 bits per heavy atom. The van der Waals surface area contributed by atoms with Gasteiger partial charge in [-0.15, -0.1) is 0 Å². The Morgan fingerprint density at radius 2 is 0.984 bits per heavy atom. The third-order valence-corrected chi connectivity index (χ3v) is 11.6. The Balaban J connectivity index is 1.24. The van der Waals surface area contributed by atoms with E-state index in [1.54, 1.807) is 18.2 Å². The Kier molecular flexibility index (Phi) is 23.4. The first-order valence-corrected chi connectivity index (χ1v) is 23.9. The number of ether oxygens (including phenoxy) is 3. The van der Waals surface area contributed by atoms with Crippen molar-refractivity contribution in [1.82, 2.24) is 15.0 Å². The number of unbranched alkanes of at least 4 members (excludes halogenated alkanes) is 15. The van der Waals surface area contributed by atoms with E-state index in [1.807, 2.05) is 12.1 Å². The molecule has 0 amide bonds. The van der Waals surface area contributed by atoms with E-state index in [-0.39, 0.29) is 25.1 Å². The Hall–Kier alpha value is -3.85. The normalized spacial score (nSPS) is 12.5. The molecule has 2 N–H and O–H groups in total. The van der Waals surface area contributed by atoms with Gasteiger partial charge in [0.05, 0.1) is 18.3 Å². The number of aliphatic hydroxyl groups is 1. The number of nitrogens with zero attached hydrogens (tertiary/aromatic N) is 3. The number of aryl methyl sites for hydroxylation is 4. The highest BCUT2D eigenvalue weighted by Crippen LogP contribution is 2.34. The van der Waals surface area contributed by atoms with Gasteiger partial charge >= 0.3 is 0 Å². The maximum absolute atomic E-state index is 11.2. The Bertz CT molecular complexity index is 1760. The van der Waals surface area contributed by atoms with Gasteiger partial charge in [0.1, 0.15) is 24.2 Å². The highest BCUT2D eigenvalue weighted by Gasteiger charge is 2.18. The van der Waals surface area contributed by atoms with E-state index in [1.165, 1.54) is 103 Å². The van der Waals surface area contributed by atoms with Gasteiger partial charge in [0.2, 0.25) is 0 Å². The van der Waals surface area contributed by atoms with Gasteiger partial charge in [-0.25, -0.2) is 15.0 Å². The number of phenolic OH excluding ortho intramolecular Hbond substituents is 1. The average Bonchev–Trinajstić information content (AvgIpc) is 3.24. The molecule has 336 valence electrons. The van der Waals surface area contributed by atoms with E-state index in [0.29, 0.717) is 35.4 Å². The van der Waals surface area contributed by atoms with Crippen molar-refractivity contribution >= 4 is 0 Å². The van der Waals surface area contributed by atoms with Crippen LogP contribution in [0.4, 0.5) is 0 Å². The molecule has 3 aromatic carbocycles. The predicted molar refractivity (Wildman–Crippen MR) is 252 cm³/mol. The van der Waals surface area contributed by atoms with Crippen molar-refractivity contribution in [3.05, 3.63) is 76.9 Å². The third kappa shape index (κ3) is 18.6. The average molecular weight is 838 g/mol. The van der Waals surface area contributed by atoms with Crippen LogP contribution in [0.2, 0.25) is 0 Å². The lowest BCUT2D eigenvalue weighted by Gasteiger charge is -2.19. The van der Waals surface area contributed by atoms with Crippen LogP contribution < -0.4 is 4.74 Å². The van der Waals surface area contributed by atoms with Crippen molar-refractivity contribution in [1.29, 1.82) is 0 Å². The van der Waals surface area contributed by atoms with Crippen LogP contribution >= 0.6 is 0 Å². The summed E-state index contributed by atoms with van der Waals surface area (Å²) in [5, 5.41) is 21.9. The molecule has 61 heavy (non-hydrogen) atoms. The summed E-state index contributed by atoms with van der Waals surface area (Å²) in [4.78, 5) is 14.6. The second-order valence-corrected chi connectivity index (χ2v) is 17.4. The highest BCUT2D eigenvalue weighted by atomic mass is 16.5. The minimum atomic E-state index is -0.804. The fourth-order valence-electron chi connectivity index (χ4n) is 8.01. The molecule has 2 atom stereocenters. The highest BCUT2D eigenvalue weighted by molar-refractivity contribution is 5.72. The summed E-state index contributed by atoms with van der Waals surface area (Å²) in [5.41, 5.74) is 6.73. The number of hydrogen-bond acceptors (Lipinski definition) is 8. The molecule has 1 aromatic heterocycles. The van der Waals surface area contributed by atoms with E-state index >= 15 is 0 Å². The minimum absolute atomic E-state index is 0.0194. The van der Waals surface area contributed by atoms with Crippen molar-refractivity contribution in [2.45, 2.75) is 182 Å². The smallest absolute Gasteiger partial charge is 0.167 e. The van der Waals surface area contributed by atoms with Gasteiger partial charge in [-0.05, 0) is 76.6 Å². The van der Waals surface area contributed by atoms with Crippen molar-refractivity contribution in [2.75, 3.05) is 26.4 Å². The van der Waals surface area contributed by atoms with Crippen molar-refractivity contribution in [3.63, 3.8) is 0 Å². The molecule has 2 unspecified atom stereocenters. The van der Waals surface area contributed by atoms with Gasteiger partial charge in [-0.1, -0.05) is 164 Å². The van der Waals surface area contributed by atoms with Gasteiger partial charge in [0.15, 0.2) is 17.5 Å². The number of benzene rings is 3. The number of phenols is 1. The summed E-state index contributed by atoms with van der Waals surface area (Å²) in [6.45, 7) is 14.4. The van der Waals surface area contributed by atoms with Crippen LogP contribution in [-0.2, 0) is 9.47 Å². The number of aromatic hydroxyl groups is 1. The number of rotatable bonds is 32. The standard InChI is InChI=1S/C53H79N3O5/c1-7-9-11-13-15-16-17-19-21-23-34-60-45(25-22-20-18-14-12-10-8-2)26-24-33-59-38-44(57)39-61-46-29-32-49(50(58)37-46)53-55-51(47-30-27-40(3)35-42(47)5)54-52(56-53)48-31-28-41(4)36-43(48)6/h27-32,35-37,44-45,57-58H,7-26,33-34,38-39H2,1-6H3. The summed E-state index contributed by atoms with van der Waals surface area (Å²) in [5.74, 6) is 1.87. The predicted octanol–water partition coefficient (Wildman–Crippen LogP) is 13.8. The molecule has 0 aliphatic rings. The molecule has 0 fully saturated rings. The summed E-state index contributed by atoms with van der Waals surface area (Å²) in [6, 6.07) is 17.5. The van der Waals surface area contributed by atoms with Crippen LogP contribution in [0.5, 0.6) is 11.5 Å². The van der Waals surface area contributed by atoms with Gasteiger partial charge in [-0.2, -0.15) is 0 Å². The molecule has 0 radical (unpaired) electrons. The Labute approximate surface area is 369 Å². The van der Waals surface area contributed by atoms with Crippen molar-refractivity contribution in [3.8, 4) is 45.7 Å². The zero-order valence-electron chi connectivity index (χ0n) is 38.8. The number of hydrogen-bond donors (Lipinski definition) is 2. The molecule has 4 aromatic rings. The van der Waals surface area contributed by atoms with E-state index in [2.05, 4.69) is 65.8 Å². The van der Waals surface area contributed by atoms with Crippen LogP contribution in [0.25, 0.3) is 34.2 Å². The van der Waals surface area contributed by atoms with Crippen LogP contribution in [0.15, 0.2) is 54.6 Å². The third-order valence-electron chi connectivity index (χ3n) is 11.6. The molecule has 0 aliphatic heterocycles. The van der Waals surface area contributed by atoms with Crippen LogP contribution in [0, 0.1) is 27.7 Å². The molecule has 8 nitrogen and oxygen atoms in total. The molecule has 1 heterocycles. The maximum atomic E-state index is 11.2. The summed E-state index contributed by atoms with van der Waals surface area (Å²) < 4.78 is 18.2. The lowest BCUT2D eigenvalue weighted by Crippen LogP contribution is -2.24. The molecule has 0 aliphatic carbocycles. The largest absolute Gasteiger partial charge is 0.507 e. The van der Waals surface area contributed by atoms with Gasteiger partial charge in [-0.3, -0.25) is 0 Å². The summed E-state index contributed by atoms with van der Waals surface area (Å²) in [6.07, 6.45) is 24.9. The van der Waals surface area contributed by atoms with Crippen molar-refractivity contribution < 1.29 is 24.4 Å². The summed E-state index contributed by atoms with van der Waals surface area (Å²) >= 11 is 0. The van der Waals surface area contributed by atoms with Crippen LogP contribution in [0.1, 0.15) is 165 Å². The second-order valence-electron chi connectivity index (χ2n) is 17.4. The zero-order valence-corrected chi connectivity index (χ0v) is 38.8. The van der Waals surface area contributed by atoms with Gasteiger partial charge in [0, 0.05) is 30.4 Å². The first-order valence-electron chi connectivity index (χ1n) is 23.9. The minimum Gasteiger partial charge on any atom is -0.507 e. The van der Waals surface area contributed by atoms with E-state index in [0.717, 1.165) is 65.7 Å². The topological polar surface area (TPSA) is 107 Å². The molecule has 4 rings (SSSR count). The first-order chi connectivity index (χ1) is 29.7. The fraction of sp³-hybridized carbons (Fsp3) is 0.604. The molecule has 0 spiro atoms. The van der Waals surface area contributed by atoms with E-state index in [9.17, 15) is 10.2 Å². The Morgan fingerprint density at radius 1 is 0.508 bits per heavy atom. The van der Waals surface area contributed by atoms with Crippen molar-refractivity contribution in [2.24, 2.45) is 0 Å². The molecule has 0 saturated heterocycles. The SMILES string of the molecule is CCCCCCCCCCCCOC(CCCCCCCCC)CCCOCC(O)COc1ccc(-c2nc(-c3ccc(C)cc3C)nc(-c3ccc(C)cc3C)n2)c(O)c1. The van der Waals surface area contributed by atoms with Crippen LogP contribution in [0.3, 0.4) is 0 Å². The number of aliphatic hydroxyl groups excluding tert-OH is 1. The zero-order chi connectivity index (χ0) is 43.7. The van der Waals surface area contributed by atoms with E-state index < -0.39 is 6.10 Å². The molecule has 0 saturated carbocycles. The lowest BCUT2D eigenvalue weighted by atomic mass is 10.0. The maximum Gasteiger partial charge on any atom is 0.167 e. The quantitative estimate of drug-likeness (QED) is 0.0468. The van der Waals surface area contributed by atoms with Crippen LogP contribution in [-0.4, -0.2) is 63.8 Å². The molecule has 0 bridgehead atoms. The number of aromatic nitrogens is 3. The summed E-state index contributed by atoms with van der Waals surface area (Å²) in [7, 11) is 0. The van der Waals surface area contributed by atoms with E-state index in [4.69, 9.17) is 29.2 Å². The molecular formula is C53H79N3O5. The fourth-order valence-corrected chi connectivity index (χ4v) is 8.01. The lowest BCUT2D eigenvalue weighted by molar-refractivity contribution is 0.000821. The molecule has 8 heteroatoms. The first kappa shape index (κ1) is 49.8. The monoisotopic (exact) mass is 838 g/mol. The van der Waals surface area contributed by atoms with Gasteiger partial charge < -0.3 is 24.4 Å².